The van der Waals surface area contributed by atoms with Gasteiger partial charge in [0.25, 0.3) is 0 Å². The average Bonchev–Trinajstić information content (AvgIpc) is 2.51. The normalized spacial score (nSPS) is 13.0. The lowest BCUT2D eigenvalue weighted by atomic mass is 9.86. The Morgan fingerprint density at radius 2 is 1.60 bits per heavy atom. The van der Waals surface area contributed by atoms with Crippen molar-refractivity contribution in [2.75, 3.05) is 6.54 Å². The first-order valence-electron chi connectivity index (χ1n) is 8.02. The summed E-state index contributed by atoms with van der Waals surface area (Å²) in [5.74, 6) is 0.701. The molecular weight excluding hydrogens is 242 g/mol. The van der Waals surface area contributed by atoms with Gasteiger partial charge in [-0.1, -0.05) is 76.1 Å². The molecule has 108 valence electrons. The van der Waals surface area contributed by atoms with Crippen LogP contribution >= 0.6 is 0 Å². The molecule has 0 aromatic heterocycles. The summed E-state index contributed by atoms with van der Waals surface area (Å²) in [4.78, 5) is 0. The average molecular weight is 269 g/mol. The van der Waals surface area contributed by atoms with E-state index in [4.69, 9.17) is 0 Å². The molecule has 1 nitrogen and oxygen atoms in total. The Labute approximate surface area is 123 Å². The summed E-state index contributed by atoms with van der Waals surface area (Å²) in [6.07, 6.45) is 3.63. The van der Waals surface area contributed by atoms with Gasteiger partial charge in [-0.2, -0.15) is 0 Å². The molecule has 0 spiro atoms. The van der Waals surface area contributed by atoms with E-state index < -0.39 is 0 Å². The van der Waals surface area contributed by atoms with Crippen LogP contribution in [-0.4, -0.2) is 6.54 Å². The van der Waals surface area contributed by atoms with Crippen molar-refractivity contribution in [2.24, 2.45) is 5.92 Å². The Balaban J connectivity index is 2.44. The van der Waals surface area contributed by atoms with Crippen molar-refractivity contribution in [3.8, 4) is 0 Å². The zero-order chi connectivity index (χ0) is 14.4. The van der Waals surface area contributed by atoms with Gasteiger partial charge in [-0.3, -0.25) is 0 Å². The molecule has 0 saturated heterocycles. The van der Waals surface area contributed by atoms with E-state index in [-0.39, 0.29) is 0 Å². The Morgan fingerprint density at radius 1 is 0.900 bits per heavy atom. The van der Waals surface area contributed by atoms with Gasteiger partial charge in [-0.25, -0.2) is 0 Å². The van der Waals surface area contributed by atoms with Crippen LogP contribution in [0.5, 0.6) is 0 Å². The molecule has 2 rings (SSSR count). The smallest absolute Gasteiger partial charge is 0.0354 e. The van der Waals surface area contributed by atoms with E-state index in [1.807, 2.05) is 0 Å². The number of hydrogen-bond donors (Lipinski definition) is 1. The van der Waals surface area contributed by atoms with Crippen LogP contribution in [0.3, 0.4) is 0 Å². The molecule has 2 aromatic rings. The van der Waals surface area contributed by atoms with E-state index in [1.54, 1.807) is 0 Å². The number of rotatable bonds is 7. The molecule has 0 aliphatic heterocycles. The number of hydrogen-bond acceptors (Lipinski definition) is 1. The molecule has 1 heteroatoms. The Kier molecular flexibility index (Phi) is 5.60. The van der Waals surface area contributed by atoms with Crippen molar-refractivity contribution in [1.82, 2.24) is 5.32 Å². The van der Waals surface area contributed by atoms with E-state index in [9.17, 15) is 0 Å². The van der Waals surface area contributed by atoms with E-state index in [1.165, 1.54) is 35.6 Å². The zero-order valence-electron chi connectivity index (χ0n) is 13.0. The third kappa shape index (κ3) is 3.21. The molecule has 0 aliphatic carbocycles. The molecular formula is C19H27N. The second kappa shape index (κ2) is 7.44. The van der Waals surface area contributed by atoms with Crippen LogP contribution in [0, 0.1) is 5.92 Å². The standard InChI is InChI=1S/C19H27N/c1-4-14-20-19(15(5-2)6-3)18-13-9-11-16-10-7-8-12-17(16)18/h7-13,15,19-20H,4-6,14H2,1-3H3. The maximum atomic E-state index is 3.78. The highest BCUT2D eigenvalue weighted by molar-refractivity contribution is 5.86. The summed E-state index contributed by atoms with van der Waals surface area (Å²) in [5, 5.41) is 6.52. The van der Waals surface area contributed by atoms with Crippen LogP contribution in [0.4, 0.5) is 0 Å². The lowest BCUT2D eigenvalue weighted by molar-refractivity contribution is 0.343. The Bertz CT molecular complexity index is 523. The summed E-state index contributed by atoms with van der Waals surface area (Å²) in [6.45, 7) is 7.93. The van der Waals surface area contributed by atoms with E-state index >= 15 is 0 Å². The van der Waals surface area contributed by atoms with Gasteiger partial charge in [0.15, 0.2) is 0 Å². The fourth-order valence-corrected chi connectivity index (χ4v) is 3.11. The zero-order valence-corrected chi connectivity index (χ0v) is 13.0. The lowest BCUT2D eigenvalue weighted by Gasteiger charge is -2.28. The Morgan fingerprint density at radius 3 is 2.30 bits per heavy atom. The summed E-state index contributed by atoms with van der Waals surface area (Å²) < 4.78 is 0. The van der Waals surface area contributed by atoms with Gasteiger partial charge < -0.3 is 5.32 Å². The maximum Gasteiger partial charge on any atom is 0.0354 e. The fraction of sp³-hybridized carbons (Fsp3) is 0.474. The van der Waals surface area contributed by atoms with Gasteiger partial charge in [0.05, 0.1) is 0 Å². The van der Waals surface area contributed by atoms with Crippen molar-refractivity contribution in [1.29, 1.82) is 0 Å². The highest BCUT2D eigenvalue weighted by Crippen LogP contribution is 2.32. The molecule has 0 radical (unpaired) electrons. The van der Waals surface area contributed by atoms with Gasteiger partial charge in [0.2, 0.25) is 0 Å². The predicted octanol–water partition coefficient (Wildman–Crippen LogP) is 5.32. The largest absolute Gasteiger partial charge is 0.310 e. The molecule has 1 unspecified atom stereocenters. The van der Waals surface area contributed by atoms with Crippen LogP contribution in [0.1, 0.15) is 51.6 Å². The molecule has 20 heavy (non-hydrogen) atoms. The topological polar surface area (TPSA) is 12.0 Å². The molecule has 0 amide bonds. The van der Waals surface area contributed by atoms with Crippen LogP contribution in [0.25, 0.3) is 10.8 Å². The Hall–Kier alpha value is -1.34. The minimum absolute atomic E-state index is 0.469. The van der Waals surface area contributed by atoms with Crippen LogP contribution in [0.2, 0.25) is 0 Å². The fourth-order valence-electron chi connectivity index (χ4n) is 3.11. The molecule has 0 aliphatic rings. The van der Waals surface area contributed by atoms with Crippen LogP contribution < -0.4 is 5.32 Å². The van der Waals surface area contributed by atoms with E-state index in [0.29, 0.717) is 12.0 Å². The summed E-state index contributed by atoms with van der Waals surface area (Å²) >= 11 is 0. The molecule has 0 fully saturated rings. The van der Waals surface area contributed by atoms with E-state index in [2.05, 4.69) is 68.6 Å². The highest BCUT2D eigenvalue weighted by atomic mass is 14.9. The monoisotopic (exact) mass is 269 g/mol. The SMILES string of the molecule is CCCNC(c1cccc2ccccc12)C(CC)CC. The number of fused-ring (bicyclic) bond motifs is 1. The van der Waals surface area contributed by atoms with Crippen LogP contribution in [-0.2, 0) is 0 Å². The third-order valence-corrected chi connectivity index (χ3v) is 4.29. The van der Waals surface area contributed by atoms with Crippen molar-refractivity contribution < 1.29 is 0 Å². The number of nitrogens with one attached hydrogen (secondary N) is 1. The highest BCUT2D eigenvalue weighted by Gasteiger charge is 2.21. The van der Waals surface area contributed by atoms with Crippen molar-refractivity contribution in [3.05, 3.63) is 48.0 Å². The van der Waals surface area contributed by atoms with Gasteiger partial charge in [-0.05, 0) is 35.2 Å². The minimum atomic E-state index is 0.469. The number of benzene rings is 2. The predicted molar refractivity (Wildman–Crippen MR) is 89.1 cm³/mol. The summed E-state index contributed by atoms with van der Waals surface area (Å²) in [6, 6.07) is 15.9. The van der Waals surface area contributed by atoms with Gasteiger partial charge in [0, 0.05) is 6.04 Å². The quantitative estimate of drug-likeness (QED) is 0.717. The third-order valence-electron chi connectivity index (χ3n) is 4.29. The molecule has 1 atom stereocenters. The lowest BCUT2D eigenvalue weighted by Crippen LogP contribution is -2.28. The van der Waals surface area contributed by atoms with Gasteiger partial charge in [-0.15, -0.1) is 0 Å². The van der Waals surface area contributed by atoms with Crippen molar-refractivity contribution in [2.45, 2.75) is 46.1 Å². The first-order chi connectivity index (χ1) is 9.81. The first kappa shape index (κ1) is 15.1. The molecule has 0 saturated carbocycles. The van der Waals surface area contributed by atoms with E-state index in [0.717, 1.165) is 6.54 Å². The molecule has 0 heterocycles. The second-order valence-electron chi connectivity index (χ2n) is 5.58. The second-order valence-corrected chi connectivity index (χ2v) is 5.58. The van der Waals surface area contributed by atoms with Crippen molar-refractivity contribution >= 4 is 10.8 Å². The first-order valence-corrected chi connectivity index (χ1v) is 8.02. The van der Waals surface area contributed by atoms with Gasteiger partial charge in [0.1, 0.15) is 0 Å². The molecule has 2 aromatic carbocycles. The van der Waals surface area contributed by atoms with Crippen LogP contribution in [0.15, 0.2) is 42.5 Å². The summed E-state index contributed by atoms with van der Waals surface area (Å²) in [5.41, 5.74) is 1.46. The maximum absolute atomic E-state index is 3.78. The van der Waals surface area contributed by atoms with Crippen molar-refractivity contribution in [3.63, 3.8) is 0 Å². The minimum Gasteiger partial charge on any atom is -0.310 e. The molecule has 1 N–H and O–H groups in total. The molecule has 0 bridgehead atoms. The van der Waals surface area contributed by atoms with Gasteiger partial charge >= 0.3 is 0 Å². The summed E-state index contributed by atoms with van der Waals surface area (Å²) in [7, 11) is 0.